The van der Waals surface area contributed by atoms with Crippen molar-refractivity contribution in [1.29, 1.82) is 5.26 Å². The monoisotopic (exact) mass is 591 g/mol. The first-order valence-electron chi connectivity index (χ1n) is 13.8. The molecule has 3 N–H and O–H groups in total. The van der Waals surface area contributed by atoms with Crippen LogP contribution in [-0.4, -0.2) is 78.9 Å². The van der Waals surface area contributed by atoms with Crippen LogP contribution in [0.1, 0.15) is 33.1 Å². The van der Waals surface area contributed by atoms with Crippen molar-refractivity contribution in [3.8, 4) is 11.8 Å². The molecule has 1 aromatic rings. The van der Waals surface area contributed by atoms with Crippen molar-refractivity contribution in [2.45, 2.75) is 63.8 Å². The third-order valence-corrected chi connectivity index (χ3v) is 8.77. The zero-order valence-corrected chi connectivity index (χ0v) is 23.1. The van der Waals surface area contributed by atoms with Gasteiger partial charge in [-0.1, -0.05) is 13.8 Å². The van der Waals surface area contributed by atoms with Gasteiger partial charge in [0.25, 0.3) is 5.91 Å². The number of ether oxygens (including phenoxy) is 2. The summed E-state index contributed by atoms with van der Waals surface area (Å²) in [6.45, 7) is 4.50. The molecular formula is C28H32F3N5O6. The highest BCUT2D eigenvalue weighted by Gasteiger charge is 2.69. The first-order valence-corrected chi connectivity index (χ1v) is 13.8. The number of nitrogens with one attached hydrogen (secondary N) is 3. The molecule has 2 saturated heterocycles. The number of rotatable bonds is 9. The van der Waals surface area contributed by atoms with Gasteiger partial charge in [-0.3, -0.25) is 19.2 Å². The number of halogens is 3. The van der Waals surface area contributed by atoms with Crippen molar-refractivity contribution < 1.29 is 41.8 Å². The van der Waals surface area contributed by atoms with Crippen LogP contribution in [0, 0.1) is 40.3 Å². The van der Waals surface area contributed by atoms with E-state index in [0.717, 1.165) is 12.1 Å². The molecule has 0 spiro atoms. The third-order valence-electron chi connectivity index (χ3n) is 8.77. The maximum Gasteiger partial charge on any atom is 0.265 e. The molecule has 1 aliphatic carbocycles. The largest absolute Gasteiger partial charge is 0.478 e. The Bertz CT molecular complexity index is 1310. The fourth-order valence-electron chi connectivity index (χ4n) is 6.34. The van der Waals surface area contributed by atoms with Gasteiger partial charge in [0.05, 0.1) is 24.3 Å². The summed E-state index contributed by atoms with van der Waals surface area (Å²) in [4.78, 5) is 53.6. The second-order valence-electron chi connectivity index (χ2n) is 11.8. The zero-order valence-electron chi connectivity index (χ0n) is 23.1. The number of likely N-dealkylation sites (tertiary alicyclic amines) is 1. The Hall–Kier alpha value is -3.86. The van der Waals surface area contributed by atoms with Gasteiger partial charge in [-0.2, -0.15) is 5.26 Å². The second-order valence-corrected chi connectivity index (χ2v) is 11.8. The van der Waals surface area contributed by atoms with Crippen molar-refractivity contribution in [3.63, 3.8) is 0 Å². The number of piperidine rings is 1. The molecule has 0 radical (unpaired) electrons. The van der Waals surface area contributed by atoms with E-state index < -0.39 is 72.4 Å². The van der Waals surface area contributed by atoms with E-state index in [-0.39, 0.29) is 48.3 Å². The Morgan fingerprint density at radius 1 is 1.24 bits per heavy atom. The topological polar surface area (TPSA) is 150 Å². The van der Waals surface area contributed by atoms with Gasteiger partial charge < -0.3 is 30.3 Å². The predicted molar refractivity (Wildman–Crippen MR) is 139 cm³/mol. The Morgan fingerprint density at radius 2 is 2.00 bits per heavy atom. The minimum absolute atomic E-state index is 0.0757. The molecule has 7 atom stereocenters. The lowest BCUT2D eigenvalue weighted by Gasteiger charge is -2.34. The van der Waals surface area contributed by atoms with Crippen molar-refractivity contribution in [2.24, 2.45) is 23.2 Å². The number of carbonyl (C=O) groups excluding carboxylic acids is 4. The number of anilines is 1. The van der Waals surface area contributed by atoms with Crippen LogP contribution in [0.4, 0.5) is 18.9 Å². The standard InChI is InChI=1S/C28H32F3N5O6/c1-28(2)16-11-36(27(40)18(9-21(30)31)35-24(37)13-5-6-41-12-13)23(22(16)28)26(39)33-15(10-32)8-20-25(38)34-17-7-14(29)3-4-19(17)42-20/h3-4,7,13,15-16,18,20-23H,5-6,8-9,11-12H2,1-2H3,(H,33,39)(H,34,38)(H,35,37)/t13-,15+,16+,18+,20+,22+,23+/m1/s1. The molecular weight excluding hydrogens is 559 g/mol. The van der Waals surface area contributed by atoms with E-state index in [2.05, 4.69) is 16.0 Å². The average Bonchev–Trinajstić information content (AvgIpc) is 3.39. The van der Waals surface area contributed by atoms with E-state index in [4.69, 9.17) is 9.47 Å². The molecule has 3 fully saturated rings. The molecule has 5 rings (SSSR count). The second kappa shape index (κ2) is 11.4. The number of amides is 4. The number of alkyl halides is 2. The van der Waals surface area contributed by atoms with Gasteiger partial charge in [0.1, 0.15) is 29.7 Å². The molecule has 3 heterocycles. The summed E-state index contributed by atoms with van der Waals surface area (Å²) < 4.78 is 51.3. The number of carbonyl (C=O) groups is 4. The molecule has 0 aromatic heterocycles. The summed E-state index contributed by atoms with van der Waals surface area (Å²) in [7, 11) is 0. The average molecular weight is 592 g/mol. The lowest BCUT2D eigenvalue weighted by Crippen LogP contribution is -2.57. The third kappa shape index (κ3) is 5.74. The quantitative estimate of drug-likeness (QED) is 0.395. The molecule has 0 bridgehead atoms. The van der Waals surface area contributed by atoms with E-state index in [1.165, 1.54) is 11.0 Å². The molecule has 3 aliphatic heterocycles. The van der Waals surface area contributed by atoms with Crippen molar-refractivity contribution in [2.75, 3.05) is 25.1 Å². The number of hydrogen-bond donors (Lipinski definition) is 3. The molecule has 1 saturated carbocycles. The SMILES string of the molecule is CC1(C)[C@@H]2[C@@H](C(=O)N[C@H](C#N)C[C@@H]3Oc4ccc(F)cc4NC3=O)N(C(=O)[C@H](CC(F)F)NC(=O)[C@@H]3CCOC3)C[C@@H]21. The van der Waals surface area contributed by atoms with Crippen LogP contribution in [0.25, 0.3) is 0 Å². The van der Waals surface area contributed by atoms with Gasteiger partial charge in [-0.15, -0.1) is 0 Å². The molecule has 4 amide bonds. The highest BCUT2D eigenvalue weighted by atomic mass is 19.3. The lowest BCUT2D eigenvalue weighted by molar-refractivity contribution is -0.144. The van der Waals surface area contributed by atoms with Crippen LogP contribution in [0.5, 0.6) is 5.75 Å². The number of nitrogens with zero attached hydrogens (tertiary/aromatic N) is 2. The van der Waals surface area contributed by atoms with E-state index in [1.54, 1.807) is 0 Å². The fourth-order valence-corrected chi connectivity index (χ4v) is 6.34. The summed E-state index contributed by atoms with van der Waals surface area (Å²) in [6, 6.07) is 1.72. The van der Waals surface area contributed by atoms with Gasteiger partial charge in [0.15, 0.2) is 6.10 Å². The molecule has 14 heteroatoms. The first kappa shape index (κ1) is 29.6. The van der Waals surface area contributed by atoms with Crippen LogP contribution in [0.3, 0.4) is 0 Å². The normalized spacial score (nSPS) is 28.5. The van der Waals surface area contributed by atoms with Crippen LogP contribution >= 0.6 is 0 Å². The molecule has 0 unspecified atom stereocenters. The number of hydrogen-bond acceptors (Lipinski definition) is 7. The smallest absolute Gasteiger partial charge is 0.265 e. The number of nitriles is 1. The highest BCUT2D eigenvalue weighted by molar-refractivity contribution is 5.98. The van der Waals surface area contributed by atoms with E-state index in [9.17, 15) is 37.6 Å². The van der Waals surface area contributed by atoms with Crippen LogP contribution < -0.4 is 20.7 Å². The maximum atomic E-state index is 13.6. The van der Waals surface area contributed by atoms with Gasteiger partial charge in [0.2, 0.25) is 24.1 Å². The van der Waals surface area contributed by atoms with Gasteiger partial charge in [-0.05, 0) is 35.8 Å². The Kier molecular flexibility index (Phi) is 8.06. The first-order chi connectivity index (χ1) is 19.9. The van der Waals surface area contributed by atoms with Gasteiger partial charge >= 0.3 is 0 Å². The van der Waals surface area contributed by atoms with E-state index in [1.807, 2.05) is 19.9 Å². The van der Waals surface area contributed by atoms with Crippen molar-refractivity contribution in [3.05, 3.63) is 24.0 Å². The van der Waals surface area contributed by atoms with E-state index in [0.29, 0.717) is 13.0 Å². The van der Waals surface area contributed by atoms with E-state index >= 15 is 0 Å². The van der Waals surface area contributed by atoms with Crippen LogP contribution in [0.15, 0.2) is 18.2 Å². The summed E-state index contributed by atoms with van der Waals surface area (Å²) in [5, 5.41) is 17.3. The van der Waals surface area contributed by atoms with Gasteiger partial charge in [0, 0.05) is 32.1 Å². The van der Waals surface area contributed by atoms with Crippen molar-refractivity contribution in [1.82, 2.24) is 15.5 Å². The summed E-state index contributed by atoms with van der Waals surface area (Å²) in [5.41, 5.74) is -0.170. The minimum Gasteiger partial charge on any atom is -0.478 e. The summed E-state index contributed by atoms with van der Waals surface area (Å²) in [6.07, 6.45) is -4.79. The summed E-state index contributed by atoms with van der Waals surface area (Å²) >= 11 is 0. The maximum absolute atomic E-state index is 13.6. The lowest BCUT2D eigenvalue weighted by atomic mass is 9.98. The van der Waals surface area contributed by atoms with Crippen molar-refractivity contribution >= 4 is 29.3 Å². The molecule has 226 valence electrons. The Morgan fingerprint density at radius 3 is 2.67 bits per heavy atom. The fraction of sp³-hybridized carbons (Fsp3) is 0.607. The number of benzene rings is 1. The van der Waals surface area contributed by atoms with Crippen LogP contribution in [0.2, 0.25) is 0 Å². The minimum atomic E-state index is -2.88. The predicted octanol–water partition coefficient (Wildman–Crippen LogP) is 1.58. The molecule has 1 aromatic carbocycles. The van der Waals surface area contributed by atoms with Crippen LogP contribution in [-0.2, 0) is 23.9 Å². The number of fused-ring (bicyclic) bond motifs is 2. The zero-order chi connectivity index (χ0) is 30.3. The molecule has 42 heavy (non-hydrogen) atoms. The molecule has 4 aliphatic rings. The van der Waals surface area contributed by atoms with Gasteiger partial charge in [-0.25, -0.2) is 13.2 Å². The molecule has 11 nitrogen and oxygen atoms in total. The Balaban J connectivity index is 1.29. The highest BCUT2D eigenvalue weighted by Crippen LogP contribution is 2.65. The summed E-state index contributed by atoms with van der Waals surface area (Å²) in [5.74, 6) is -3.93. The Labute approximate surface area is 240 Å².